The van der Waals surface area contributed by atoms with E-state index in [0.29, 0.717) is 29.1 Å². The molecular weight excluding hydrogens is 366 g/mol. The van der Waals surface area contributed by atoms with Gasteiger partial charge in [0.2, 0.25) is 0 Å². The third kappa shape index (κ3) is 4.70. The van der Waals surface area contributed by atoms with Crippen molar-refractivity contribution in [1.29, 1.82) is 0 Å². The fraction of sp³-hybridized carbons (Fsp3) is 0.190. The van der Waals surface area contributed by atoms with E-state index in [-0.39, 0.29) is 5.56 Å². The molecule has 1 unspecified atom stereocenters. The van der Waals surface area contributed by atoms with E-state index < -0.39 is 12.2 Å². The minimum absolute atomic E-state index is 0.0426. The van der Waals surface area contributed by atoms with Gasteiger partial charge in [0.1, 0.15) is 6.23 Å². The number of carbonyl (C=O) groups is 1. The molecule has 0 aliphatic rings. The zero-order chi connectivity index (χ0) is 19.4. The predicted molar refractivity (Wildman–Crippen MR) is 105 cm³/mol. The highest BCUT2D eigenvalue weighted by atomic mass is 35.5. The Bertz CT molecular complexity index is 937. The van der Waals surface area contributed by atoms with Crippen molar-refractivity contribution in [3.8, 4) is 11.1 Å². The second kappa shape index (κ2) is 8.29. The summed E-state index contributed by atoms with van der Waals surface area (Å²) in [7, 11) is 0. The summed E-state index contributed by atoms with van der Waals surface area (Å²) >= 11 is 5.94. The Labute approximate surface area is 162 Å². The lowest BCUT2D eigenvalue weighted by Gasteiger charge is -2.18. The topological polar surface area (TPSA) is 82.7 Å². The third-order valence-electron chi connectivity index (χ3n) is 4.33. The van der Waals surface area contributed by atoms with Crippen LogP contribution in [-0.4, -0.2) is 22.4 Å². The fourth-order valence-corrected chi connectivity index (χ4v) is 3.25. The van der Waals surface area contributed by atoms with Crippen LogP contribution in [0.5, 0.6) is 0 Å². The average molecular weight is 386 g/mol. The SMILES string of the molecule is Cc1cc(Cl)cc(C(=O)O)c1NC(O)CCc1cccc(-c2ccoc2)c1. The van der Waals surface area contributed by atoms with Crippen molar-refractivity contribution in [2.75, 3.05) is 5.32 Å². The van der Waals surface area contributed by atoms with Gasteiger partial charge in [0.15, 0.2) is 0 Å². The van der Waals surface area contributed by atoms with Gasteiger partial charge in [-0.15, -0.1) is 0 Å². The summed E-state index contributed by atoms with van der Waals surface area (Å²) in [4.78, 5) is 11.4. The van der Waals surface area contributed by atoms with Crippen LogP contribution in [0.4, 0.5) is 5.69 Å². The monoisotopic (exact) mass is 385 g/mol. The molecule has 3 N–H and O–H groups in total. The number of aromatic carboxylic acids is 1. The molecule has 1 atom stereocenters. The first kappa shape index (κ1) is 19.0. The summed E-state index contributed by atoms with van der Waals surface area (Å²) in [5.41, 5.74) is 4.21. The molecule has 6 heteroatoms. The molecule has 0 saturated carbocycles. The van der Waals surface area contributed by atoms with Gasteiger partial charge in [0.25, 0.3) is 0 Å². The lowest BCUT2D eigenvalue weighted by Crippen LogP contribution is -2.22. The highest BCUT2D eigenvalue weighted by Crippen LogP contribution is 2.27. The summed E-state index contributed by atoms with van der Waals surface area (Å²) in [6.07, 6.45) is 3.49. The molecule has 1 heterocycles. The van der Waals surface area contributed by atoms with E-state index in [1.54, 1.807) is 25.5 Å². The van der Waals surface area contributed by atoms with E-state index in [9.17, 15) is 15.0 Å². The van der Waals surface area contributed by atoms with Crippen LogP contribution in [-0.2, 0) is 6.42 Å². The highest BCUT2D eigenvalue weighted by Gasteiger charge is 2.16. The lowest BCUT2D eigenvalue weighted by atomic mass is 10.0. The van der Waals surface area contributed by atoms with E-state index in [1.807, 2.05) is 30.3 Å². The van der Waals surface area contributed by atoms with Crippen LogP contribution in [0, 0.1) is 6.92 Å². The second-order valence-electron chi connectivity index (χ2n) is 6.36. The van der Waals surface area contributed by atoms with Crippen LogP contribution in [0.2, 0.25) is 5.02 Å². The molecule has 0 aliphatic heterocycles. The summed E-state index contributed by atoms with van der Waals surface area (Å²) in [5.74, 6) is -1.09. The van der Waals surface area contributed by atoms with Crippen molar-refractivity contribution in [3.63, 3.8) is 0 Å². The highest BCUT2D eigenvalue weighted by molar-refractivity contribution is 6.31. The molecule has 3 aromatic rings. The molecule has 5 nitrogen and oxygen atoms in total. The van der Waals surface area contributed by atoms with Gasteiger partial charge in [-0.2, -0.15) is 0 Å². The van der Waals surface area contributed by atoms with Crippen LogP contribution in [0.15, 0.2) is 59.4 Å². The quantitative estimate of drug-likeness (QED) is 0.500. The zero-order valence-corrected chi connectivity index (χ0v) is 15.5. The standard InChI is InChI=1S/C21H20ClNO4/c1-13-9-17(22)11-18(21(25)26)20(13)23-19(24)6-5-14-3-2-4-15(10-14)16-7-8-27-12-16/h2-4,7-12,19,23-24H,5-6H2,1H3,(H,25,26). The smallest absolute Gasteiger partial charge is 0.337 e. The number of benzene rings is 2. The Kier molecular flexibility index (Phi) is 5.84. The summed E-state index contributed by atoms with van der Waals surface area (Å²) in [6, 6.07) is 12.9. The van der Waals surface area contributed by atoms with Gasteiger partial charge in [-0.1, -0.05) is 35.9 Å². The van der Waals surface area contributed by atoms with E-state index in [2.05, 4.69) is 5.32 Å². The molecule has 0 saturated heterocycles. The molecule has 0 bridgehead atoms. The normalized spacial score (nSPS) is 12.0. The maximum absolute atomic E-state index is 11.4. The predicted octanol–water partition coefficient (Wildman–Crippen LogP) is 4.97. The molecule has 0 fully saturated rings. The molecule has 140 valence electrons. The Morgan fingerprint density at radius 2 is 2.04 bits per heavy atom. The lowest BCUT2D eigenvalue weighted by molar-refractivity contribution is 0.0697. The number of hydrogen-bond acceptors (Lipinski definition) is 4. The molecule has 2 aromatic carbocycles. The van der Waals surface area contributed by atoms with Crippen molar-refractivity contribution in [2.45, 2.75) is 26.0 Å². The van der Waals surface area contributed by atoms with E-state index in [4.69, 9.17) is 16.0 Å². The number of carboxylic acids is 1. The molecule has 0 aliphatic carbocycles. The van der Waals surface area contributed by atoms with Crippen molar-refractivity contribution in [1.82, 2.24) is 0 Å². The van der Waals surface area contributed by atoms with Gasteiger partial charge in [-0.3, -0.25) is 0 Å². The number of aryl methyl sites for hydroxylation is 2. The number of carboxylic acid groups (broad SMARTS) is 1. The van der Waals surface area contributed by atoms with Gasteiger partial charge < -0.3 is 19.9 Å². The summed E-state index contributed by atoms with van der Waals surface area (Å²) in [5, 5.41) is 23.0. The first-order chi connectivity index (χ1) is 12.9. The minimum Gasteiger partial charge on any atom is -0.478 e. The van der Waals surface area contributed by atoms with E-state index >= 15 is 0 Å². The second-order valence-corrected chi connectivity index (χ2v) is 6.80. The third-order valence-corrected chi connectivity index (χ3v) is 4.55. The van der Waals surface area contributed by atoms with Crippen molar-refractivity contribution in [2.24, 2.45) is 0 Å². The molecule has 1 aromatic heterocycles. The van der Waals surface area contributed by atoms with E-state index in [1.165, 1.54) is 6.07 Å². The van der Waals surface area contributed by atoms with Crippen LogP contribution in [0.1, 0.15) is 27.9 Å². The molecular formula is C21H20ClNO4. The largest absolute Gasteiger partial charge is 0.478 e. The van der Waals surface area contributed by atoms with Gasteiger partial charge in [0.05, 0.1) is 23.8 Å². The van der Waals surface area contributed by atoms with Gasteiger partial charge in [-0.05, 0) is 54.7 Å². The Balaban J connectivity index is 1.68. The van der Waals surface area contributed by atoms with E-state index in [0.717, 1.165) is 16.7 Å². The molecule has 3 rings (SSSR count). The number of hydrogen-bond donors (Lipinski definition) is 3. The summed E-state index contributed by atoms with van der Waals surface area (Å²) in [6.45, 7) is 1.75. The van der Waals surface area contributed by atoms with Crippen LogP contribution >= 0.6 is 11.6 Å². The maximum Gasteiger partial charge on any atom is 0.337 e. The van der Waals surface area contributed by atoms with Crippen LogP contribution < -0.4 is 5.32 Å². The van der Waals surface area contributed by atoms with Gasteiger partial charge in [0, 0.05) is 10.6 Å². The van der Waals surface area contributed by atoms with Crippen molar-refractivity contribution >= 4 is 23.3 Å². The number of anilines is 1. The summed E-state index contributed by atoms with van der Waals surface area (Å²) < 4.78 is 5.12. The van der Waals surface area contributed by atoms with Crippen LogP contribution in [0.25, 0.3) is 11.1 Å². The average Bonchev–Trinajstić information content (AvgIpc) is 3.17. The Hall–Kier alpha value is -2.76. The number of aliphatic hydroxyl groups is 1. The van der Waals surface area contributed by atoms with Crippen LogP contribution in [0.3, 0.4) is 0 Å². The molecule has 27 heavy (non-hydrogen) atoms. The van der Waals surface area contributed by atoms with Crippen molar-refractivity contribution < 1.29 is 19.4 Å². The number of furan rings is 1. The first-order valence-corrected chi connectivity index (χ1v) is 8.91. The maximum atomic E-state index is 11.4. The number of rotatable bonds is 7. The molecule has 0 spiro atoms. The van der Waals surface area contributed by atoms with Crippen molar-refractivity contribution in [3.05, 3.63) is 76.7 Å². The first-order valence-electron chi connectivity index (χ1n) is 8.53. The molecule has 0 amide bonds. The Morgan fingerprint density at radius 3 is 2.74 bits per heavy atom. The zero-order valence-electron chi connectivity index (χ0n) is 14.8. The number of aliphatic hydroxyl groups excluding tert-OH is 1. The minimum atomic E-state index is -1.09. The Morgan fingerprint density at radius 1 is 1.22 bits per heavy atom. The van der Waals surface area contributed by atoms with Gasteiger partial charge >= 0.3 is 5.97 Å². The number of nitrogens with one attached hydrogen (secondary N) is 1. The number of halogens is 1. The molecule has 0 radical (unpaired) electrons. The fourth-order valence-electron chi connectivity index (χ4n) is 2.98. The van der Waals surface area contributed by atoms with Gasteiger partial charge in [-0.25, -0.2) is 4.79 Å².